The number of anilines is 1. The first kappa shape index (κ1) is 22.1. The molecular formula is C22H28N2O5. The molecule has 0 saturated carbocycles. The summed E-state index contributed by atoms with van der Waals surface area (Å²) in [5.74, 6) is 0.423. The summed E-state index contributed by atoms with van der Waals surface area (Å²) in [6.45, 7) is 0.0783. The number of hydrogen-bond acceptors (Lipinski definition) is 6. The Balaban J connectivity index is 1.74. The van der Waals surface area contributed by atoms with Gasteiger partial charge in [-0.3, -0.25) is 9.59 Å². The van der Waals surface area contributed by atoms with Crippen molar-refractivity contribution in [1.82, 2.24) is 5.32 Å². The highest BCUT2D eigenvalue weighted by Gasteiger charge is 2.13. The van der Waals surface area contributed by atoms with Gasteiger partial charge in [0.15, 0.2) is 18.1 Å². The third kappa shape index (κ3) is 6.71. The Bertz CT molecular complexity index is 818. The summed E-state index contributed by atoms with van der Waals surface area (Å²) in [5.41, 5.74) is 2.90. The summed E-state index contributed by atoms with van der Waals surface area (Å²) >= 11 is 0. The molecule has 0 aliphatic carbocycles. The number of amides is 1. The van der Waals surface area contributed by atoms with Crippen molar-refractivity contribution in [3.05, 3.63) is 53.6 Å². The number of carbonyl (C=O) groups excluding carboxylic acids is 2. The van der Waals surface area contributed by atoms with Crippen LogP contribution in [0.4, 0.5) is 5.69 Å². The monoisotopic (exact) mass is 400 g/mol. The molecule has 0 bridgehead atoms. The summed E-state index contributed by atoms with van der Waals surface area (Å²) in [5, 5.41) is 2.74. The van der Waals surface area contributed by atoms with E-state index in [1.165, 1.54) is 0 Å². The number of methoxy groups -OCH3 is 2. The Hall–Kier alpha value is -3.22. The van der Waals surface area contributed by atoms with Crippen molar-refractivity contribution in [2.24, 2.45) is 0 Å². The van der Waals surface area contributed by atoms with Crippen LogP contribution in [0.15, 0.2) is 42.5 Å². The lowest BCUT2D eigenvalue weighted by atomic mass is 10.1. The Labute approximate surface area is 171 Å². The van der Waals surface area contributed by atoms with Gasteiger partial charge in [0.05, 0.1) is 14.2 Å². The van der Waals surface area contributed by atoms with Crippen molar-refractivity contribution in [2.75, 3.05) is 39.8 Å². The van der Waals surface area contributed by atoms with E-state index >= 15 is 0 Å². The molecule has 2 aromatic rings. The average Bonchev–Trinajstić information content (AvgIpc) is 2.74. The fourth-order valence-electron chi connectivity index (χ4n) is 2.77. The zero-order valence-corrected chi connectivity index (χ0v) is 17.4. The molecule has 0 radical (unpaired) electrons. The number of nitrogens with one attached hydrogen (secondary N) is 1. The molecule has 0 aromatic heterocycles. The van der Waals surface area contributed by atoms with Gasteiger partial charge >= 0.3 is 5.97 Å². The van der Waals surface area contributed by atoms with E-state index in [1.807, 2.05) is 55.4 Å². The van der Waals surface area contributed by atoms with E-state index in [-0.39, 0.29) is 18.9 Å². The van der Waals surface area contributed by atoms with E-state index in [1.54, 1.807) is 20.3 Å². The summed E-state index contributed by atoms with van der Waals surface area (Å²) in [7, 11) is 7.05. The largest absolute Gasteiger partial charge is 0.493 e. The predicted octanol–water partition coefficient (Wildman–Crippen LogP) is 2.56. The SMILES string of the molecule is COc1cccc(CCC(=O)OCC(=O)NCc2ccc(N(C)C)cc2)c1OC. The molecule has 0 fully saturated rings. The van der Waals surface area contributed by atoms with Gasteiger partial charge in [-0.2, -0.15) is 0 Å². The van der Waals surface area contributed by atoms with Gasteiger partial charge in [0.1, 0.15) is 0 Å². The first-order chi connectivity index (χ1) is 13.9. The second kappa shape index (κ2) is 10.9. The predicted molar refractivity (Wildman–Crippen MR) is 111 cm³/mol. The molecule has 0 aliphatic heterocycles. The Morgan fingerprint density at radius 2 is 1.72 bits per heavy atom. The number of esters is 1. The van der Waals surface area contributed by atoms with E-state index < -0.39 is 5.97 Å². The second-order valence-corrected chi connectivity index (χ2v) is 6.65. The summed E-state index contributed by atoms with van der Waals surface area (Å²) in [6.07, 6.45) is 0.571. The summed E-state index contributed by atoms with van der Waals surface area (Å²) < 4.78 is 15.7. The highest BCUT2D eigenvalue weighted by Crippen LogP contribution is 2.31. The maximum Gasteiger partial charge on any atom is 0.306 e. The van der Waals surface area contributed by atoms with Crippen molar-refractivity contribution in [1.29, 1.82) is 0 Å². The Morgan fingerprint density at radius 1 is 1.00 bits per heavy atom. The highest BCUT2D eigenvalue weighted by molar-refractivity contribution is 5.80. The van der Waals surface area contributed by atoms with Crippen LogP contribution in [-0.2, 0) is 27.3 Å². The zero-order valence-electron chi connectivity index (χ0n) is 17.4. The maximum absolute atomic E-state index is 12.0. The molecule has 0 heterocycles. The number of carbonyl (C=O) groups is 2. The van der Waals surface area contributed by atoms with E-state index in [0.717, 1.165) is 16.8 Å². The van der Waals surface area contributed by atoms with Gasteiger partial charge in [-0.25, -0.2) is 0 Å². The first-order valence-electron chi connectivity index (χ1n) is 9.33. The van der Waals surface area contributed by atoms with Crippen molar-refractivity contribution in [3.63, 3.8) is 0 Å². The molecule has 2 rings (SSSR count). The normalized spacial score (nSPS) is 10.2. The molecule has 0 atom stereocenters. The van der Waals surface area contributed by atoms with Gasteiger partial charge in [-0.1, -0.05) is 24.3 Å². The quantitative estimate of drug-likeness (QED) is 0.618. The first-order valence-corrected chi connectivity index (χ1v) is 9.33. The van der Waals surface area contributed by atoms with Crippen LogP contribution in [0.5, 0.6) is 11.5 Å². The fourth-order valence-corrected chi connectivity index (χ4v) is 2.77. The number of rotatable bonds is 10. The van der Waals surface area contributed by atoms with E-state index in [2.05, 4.69) is 5.32 Å². The lowest BCUT2D eigenvalue weighted by molar-refractivity contribution is -0.148. The third-order valence-electron chi connectivity index (χ3n) is 4.39. The molecule has 156 valence electrons. The van der Waals surface area contributed by atoms with E-state index in [0.29, 0.717) is 24.5 Å². The molecule has 29 heavy (non-hydrogen) atoms. The van der Waals surface area contributed by atoms with Crippen molar-refractivity contribution in [3.8, 4) is 11.5 Å². The summed E-state index contributed by atoms with van der Waals surface area (Å²) in [6, 6.07) is 13.3. The number of aryl methyl sites for hydroxylation is 1. The molecule has 1 N–H and O–H groups in total. The molecule has 0 unspecified atom stereocenters. The topological polar surface area (TPSA) is 77.1 Å². The number of hydrogen-bond donors (Lipinski definition) is 1. The van der Waals surface area contributed by atoms with Gasteiger partial charge in [0.2, 0.25) is 0 Å². The van der Waals surface area contributed by atoms with Crippen molar-refractivity contribution in [2.45, 2.75) is 19.4 Å². The number of ether oxygens (including phenoxy) is 3. The third-order valence-corrected chi connectivity index (χ3v) is 4.39. The van der Waals surface area contributed by atoms with E-state index in [9.17, 15) is 9.59 Å². The molecule has 7 heteroatoms. The zero-order chi connectivity index (χ0) is 21.2. The molecule has 0 saturated heterocycles. The summed E-state index contributed by atoms with van der Waals surface area (Å²) in [4.78, 5) is 25.9. The van der Waals surface area contributed by atoms with Gasteiger partial charge in [-0.15, -0.1) is 0 Å². The van der Waals surface area contributed by atoms with Crippen molar-refractivity contribution < 1.29 is 23.8 Å². The molecule has 0 spiro atoms. The van der Waals surface area contributed by atoms with Crippen LogP contribution in [0.25, 0.3) is 0 Å². The van der Waals surface area contributed by atoms with Gasteiger partial charge in [0, 0.05) is 32.7 Å². The van der Waals surface area contributed by atoms with Crippen LogP contribution in [0, 0.1) is 0 Å². The highest BCUT2D eigenvalue weighted by atomic mass is 16.5. The van der Waals surface area contributed by atoms with Crippen LogP contribution < -0.4 is 19.7 Å². The standard InChI is InChI=1S/C22H28N2O5/c1-24(2)18-11-8-16(9-12-18)14-23-20(25)15-29-21(26)13-10-17-6-5-7-19(27-3)22(17)28-4/h5-9,11-12H,10,13-15H2,1-4H3,(H,23,25). The number of nitrogens with zero attached hydrogens (tertiary/aromatic N) is 1. The van der Waals surface area contributed by atoms with Crippen LogP contribution in [0.3, 0.4) is 0 Å². The molecule has 0 aliphatic rings. The minimum absolute atomic E-state index is 0.142. The van der Waals surface area contributed by atoms with Crippen molar-refractivity contribution >= 4 is 17.6 Å². The minimum Gasteiger partial charge on any atom is -0.493 e. The van der Waals surface area contributed by atoms with Crippen LogP contribution >= 0.6 is 0 Å². The van der Waals surface area contributed by atoms with Crippen LogP contribution in [-0.4, -0.2) is 46.8 Å². The smallest absolute Gasteiger partial charge is 0.306 e. The minimum atomic E-state index is -0.444. The average molecular weight is 400 g/mol. The molecular weight excluding hydrogens is 372 g/mol. The van der Waals surface area contributed by atoms with Crippen LogP contribution in [0.2, 0.25) is 0 Å². The lowest BCUT2D eigenvalue weighted by Gasteiger charge is -2.13. The number of para-hydroxylation sites is 1. The maximum atomic E-state index is 12.0. The lowest BCUT2D eigenvalue weighted by Crippen LogP contribution is -2.28. The Kier molecular flexibility index (Phi) is 8.33. The molecule has 2 aromatic carbocycles. The molecule has 7 nitrogen and oxygen atoms in total. The molecule has 1 amide bonds. The van der Waals surface area contributed by atoms with Gasteiger partial charge < -0.3 is 24.4 Å². The fraction of sp³-hybridized carbons (Fsp3) is 0.364. The number of benzene rings is 2. The van der Waals surface area contributed by atoms with Crippen LogP contribution in [0.1, 0.15) is 17.5 Å². The van der Waals surface area contributed by atoms with Gasteiger partial charge in [-0.05, 0) is 35.7 Å². The van der Waals surface area contributed by atoms with Gasteiger partial charge in [0.25, 0.3) is 5.91 Å². The van der Waals surface area contributed by atoms with E-state index in [4.69, 9.17) is 14.2 Å². The second-order valence-electron chi connectivity index (χ2n) is 6.65. The Morgan fingerprint density at radius 3 is 2.34 bits per heavy atom.